The fourth-order valence-electron chi connectivity index (χ4n) is 2.75. The molecule has 0 aromatic carbocycles. The minimum atomic E-state index is -0.948. The Morgan fingerprint density at radius 3 is 2.28 bits per heavy atom. The van der Waals surface area contributed by atoms with E-state index in [0.29, 0.717) is 30.3 Å². The quantitative estimate of drug-likeness (QED) is 0.212. The highest BCUT2D eigenvalue weighted by Crippen LogP contribution is 2.35. The molecule has 0 aromatic rings. The van der Waals surface area contributed by atoms with Gasteiger partial charge in [0.2, 0.25) is 17.7 Å². The summed E-state index contributed by atoms with van der Waals surface area (Å²) in [6, 6.07) is 0. The van der Waals surface area contributed by atoms with Crippen LogP contribution in [0.5, 0.6) is 0 Å². The normalized spacial score (nSPS) is 18.2. The lowest BCUT2D eigenvalue weighted by atomic mass is 10.1. The molecule has 0 radical (unpaired) electrons. The number of carbonyl (C=O) groups is 4. The van der Waals surface area contributed by atoms with Crippen LogP contribution < -0.4 is 5.32 Å². The summed E-state index contributed by atoms with van der Waals surface area (Å²) in [5.41, 5.74) is 0. The van der Waals surface area contributed by atoms with Crippen molar-refractivity contribution in [2.24, 2.45) is 5.92 Å². The predicted octanol–water partition coefficient (Wildman–Crippen LogP) is 3.77. The van der Waals surface area contributed by atoms with Gasteiger partial charge < -0.3 is 10.4 Å². The van der Waals surface area contributed by atoms with Gasteiger partial charge in [0.25, 0.3) is 0 Å². The van der Waals surface area contributed by atoms with Crippen molar-refractivity contribution in [1.82, 2.24) is 10.2 Å². The molecule has 0 spiro atoms. The summed E-state index contributed by atoms with van der Waals surface area (Å²) in [5, 5.41) is 11.8. The van der Waals surface area contributed by atoms with Crippen LogP contribution in [0.15, 0.2) is 0 Å². The fraction of sp³-hybridized carbons (Fsp3) is 0.810. The molecule has 1 saturated heterocycles. The summed E-state index contributed by atoms with van der Waals surface area (Å²) in [7, 11) is 3.11. The number of aliphatic carboxylic acids is 1. The third kappa shape index (κ3) is 12.1. The lowest BCUT2D eigenvalue weighted by Gasteiger charge is -2.21. The van der Waals surface area contributed by atoms with Crippen molar-refractivity contribution >= 4 is 68.8 Å². The summed E-state index contributed by atoms with van der Waals surface area (Å²) in [6.07, 6.45) is 0.249. The molecule has 7 nitrogen and oxygen atoms in total. The molecule has 32 heavy (non-hydrogen) atoms. The topological polar surface area (TPSA) is 104 Å². The number of nitrogens with zero attached hydrogens (tertiary/aromatic N) is 1. The van der Waals surface area contributed by atoms with Gasteiger partial charge in [0.05, 0.1) is 11.2 Å². The molecule has 11 heteroatoms. The van der Waals surface area contributed by atoms with Crippen LogP contribution in [-0.4, -0.2) is 78.8 Å². The van der Waals surface area contributed by atoms with E-state index in [4.69, 9.17) is 0 Å². The van der Waals surface area contributed by atoms with Gasteiger partial charge in [0.1, 0.15) is 0 Å². The van der Waals surface area contributed by atoms with Crippen LogP contribution in [0.1, 0.15) is 54.4 Å². The molecule has 0 saturated carbocycles. The molecule has 0 bridgehead atoms. The second-order valence-electron chi connectivity index (χ2n) is 9.46. The summed E-state index contributed by atoms with van der Waals surface area (Å²) < 4.78 is -0.115. The Morgan fingerprint density at radius 2 is 1.72 bits per heavy atom. The first kappa shape index (κ1) is 29.5. The molecule has 184 valence electrons. The Hall–Kier alpha value is -0.520. The highest BCUT2D eigenvalue weighted by molar-refractivity contribution is 8.76. The van der Waals surface area contributed by atoms with Gasteiger partial charge in [0.15, 0.2) is 0 Å². The number of nitrogens with one attached hydrogen (secondary N) is 1. The van der Waals surface area contributed by atoms with E-state index in [2.05, 4.69) is 5.32 Å². The first-order valence-corrected chi connectivity index (χ1v) is 14.9. The minimum absolute atomic E-state index is 0.0247. The summed E-state index contributed by atoms with van der Waals surface area (Å²) in [4.78, 5) is 49.4. The molecule has 1 rings (SSSR count). The van der Waals surface area contributed by atoms with Crippen LogP contribution in [0.2, 0.25) is 0 Å². The Kier molecular flexibility index (Phi) is 12.3. The number of rotatable bonds is 13. The molecule has 0 aliphatic carbocycles. The predicted molar refractivity (Wildman–Crippen MR) is 138 cm³/mol. The Balaban J connectivity index is 2.21. The van der Waals surface area contributed by atoms with Gasteiger partial charge in [-0.2, -0.15) is 11.8 Å². The van der Waals surface area contributed by atoms with E-state index in [1.54, 1.807) is 45.1 Å². The van der Waals surface area contributed by atoms with Crippen molar-refractivity contribution < 1.29 is 24.3 Å². The van der Waals surface area contributed by atoms with Gasteiger partial charge >= 0.3 is 5.97 Å². The Labute approximate surface area is 208 Å². The third-order valence-corrected chi connectivity index (χ3v) is 9.37. The van der Waals surface area contributed by atoms with Crippen molar-refractivity contribution in [2.45, 2.75) is 69.1 Å². The Morgan fingerprint density at radius 1 is 1.09 bits per heavy atom. The zero-order chi connectivity index (χ0) is 24.5. The number of likely N-dealkylation sites (tertiary alicyclic amines) is 1. The standard InChI is InChI=1S/C21H36N2O5S4/c1-20(2,3)29-13-14(19(27)28)11-16(24)22-7-9-30-31-10-8-23-17(25)12-15(18(23)26)32-21(4,5)6/h14-15H,7-13H2,1-6H3,(H,22,24)(H,27,28). The molecule has 1 heterocycles. The average Bonchev–Trinajstić information content (AvgIpc) is 2.88. The summed E-state index contributed by atoms with van der Waals surface area (Å²) >= 11 is 3.08. The van der Waals surface area contributed by atoms with E-state index in [1.165, 1.54) is 4.90 Å². The van der Waals surface area contributed by atoms with Crippen molar-refractivity contribution in [3.63, 3.8) is 0 Å². The van der Waals surface area contributed by atoms with E-state index in [9.17, 15) is 24.3 Å². The van der Waals surface area contributed by atoms with Crippen molar-refractivity contribution in [2.75, 3.05) is 30.3 Å². The van der Waals surface area contributed by atoms with Crippen LogP contribution in [0.3, 0.4) is 0 Å². The zero-order valence-corrected chi connectivity index (χ0v) is 23.0. The van der Waals surface area contributed by atoms with Crippen LogP contribution in [0, 0.1) is 5.92 Å². The van der Waals surface area contributed by atoms with Gasteiger partial charge in [-0.05, 0) is 0 Å². The van der Waals surface area contributed by atoms with E-state index in [0.717, 1.165) is 0 Å². The number of hydrogen-bond acceptors (Lipinski definition) is 8. The third-order valence-electron chi connectivity index (χ3n) is 4.19. The number of carboxylic acids is 1. The van der Waals surface area contributed by atoms with Crippen molar-refractivity contribution in [1.29, 1.82) is 0 Å². The smallest absolute Gasteiger partial charge is 0.307 e. The highest BCUT2D eigenvalue weighted by Gasteiger charge is 2.40. The lowest BCUT2D eigenvalue weighted by molar-refractivity contribution is -0.143. The molecule has 2 atom stereocenters. The fourth-order valence-corrected chi connectivity index (χ4v) is 6.88. The molecule has 2 unspecified atom stereocenters. The SMILES string of the molecule is CC(C)(C)SCC(CC(=O)NCCSSCCN1C(=O)CC(SC(C)(C)C)C1=O)C(=O)O. The Bertz CT molecular complexity index is 676. The summed E-state index contributed by atoms with van der Waals surface area (Å²) in [6.45, 7) is 13.0. The molecular formula is C21H36N2O5S4. The van der Waals surface area contributed by atoms with Crippen molar-refractivity contribution in [3.8, 4) is 0 Å². The van der Waals surface area contributed by atoms with Crippen LogP contribution in [0.25, 0.3) is 0 Å². The lowest BCUT2D eigenvalue weighted by Crippen LogP contribution is -2.34. The largest absolute Gasteiger partial charge is 0.481 e. The number of amides is 3. The maximum Gasteiger partial charge on any atom is 0.307 e. The first-order chi connectivity index (χ1) is 14.7. The van der Waals surface area contributed by atoms with E-state index < -0.39 is 11.9 Å². The van der Waals surface area contributed by atoms with E-state index in [-0.39, 0.29) is 45.3 Å². The molecule has 3 amide bonds. The van der Waals surface area contributed by atoms with E-state index in [1.807, 2.05) is 41.5 Å². The van der Waals surface area contributed by atoms with Gasteiger partial charge in [-0.1, -0.05) is 63.1 Å². The van der Waals surface area contributed by atoms with Crippen LogP contribution in [0.4, 0.5) is 0 Å². The second-order valence-corrected chi connectivity index (χ2v) is 16.0. The molecule has 1 fully saturated rings. The average molecular weight is 525 g/mol. The van der Waals surface area contributed by atoms with Gasteiger partial charge in [-0.25, -0.2) is 0 Å². The highest BCUT2D eigenvalue weighted by atomic mass is 33.1. The zero-order valence-electron chi connectivity index (χ0n) is 19.8. The number of imide groups is 1. The van der Waals surface area contributed by atoms with E-state index >= 15 is 0 Å². The second kappa shape index (κ2) is 13.4. The molecular weight excluding hydrogens is 489 g/mol. The van der Waals surface area contributed by atoms with Crippen LogP contribution in [-0.2, 0) is 19.2 Å². The monoisotopic (exact) mass is 524 g/mol. The number of carboxylic acid groups (broad SMARTS) is 1. The molecule has 0 aromatic heterocycles. The maximum atomic E-state index is 12.4. The first-order valence-electron chi connectivity index (χ1n) is 10.6. The van der Waals surface area contributed by atoms with Crippen LogP contribution >= 0.6 is 45.1 Å². The molecule has 1 aliphatic heterocycles. The molecule has 2 N–H and O–H groups in total. The number of carbonyl (C=O) groups excluding carboxylic acids is 3. The van der Waals surface area contributed by atoms with Gasteiger partial charge in [-0.3, -0.25) is 24.1 Å². The minimum Gasteiger partial charge on any atom is -0.481 e. The maximum absolute atomic E-state index is 12.4. The van der Waals surface area contributed by atoms with Crippen molar-refractivity contribution in [3.05, 3.63) is 0 Å². The number of hydrogen-bond donors (Lipinski definition) is 2. The van der Waals surface area contributed by atoms with Gasteiger partial charge in [-0.15, -0.1) is 11.8 Å². The van der Waals surface area contributed by atoms with Gasteiger partial charge in [0, 0.05) is 52.7 Å². The number of thioether (sulfide) groups is 2. The summed E-state index contributed by atoms with van der Waals surface area (Å²) in [5.74, 6) is -0.401. The molecule has 1 aliphatic rings.